The van der Waals surface area contributed by atoms with Crippen molar-refractivity contribution in [2.75, 3.05) is 7.11 Å². The zero-order valence-electron chi connectivity index (χ0n) is 8.29. The van der Waals surface area contributed by atoms with Gasteiger partial charge in [0.05, 0.1) is 7.11 Å². The number of methoxy groups -OCH3 is 1. The van der Waals surface area contributed by atoms with Crippen molar-refractivity contribution in [1.82, 2.24) is 0 Å². The van der Waals surface area contributed by atoms with Gasteiger partial charge in [-0.2, -0.15) is 0 Å². The Morgan fingerprint density at radius 2 is 2.15 bits per heavy atom. The fourth-order valence-electron chi connectivity index (χ4n) is 1.27. The Morgan fingerprint density at radius 3 is 2.69 bits per heavy atom. The summed E-state index contributed by atoms with van der Waals surface area (Å²) in [6, 6.07) is 6.08. The van der Waals surface area contributed by atoms with E-state index >= 15 is 0 Å². The van der Waals surface area contributed by atoms with E-state index in [4.69, 9.17) is 11.2 Å². The van der Waals surface area contributed by atoms with Crippen LogP contribution in [0.5, 0.6) is 5.75 Å². The van der Waals surface area contributed by atoms with Crippen LogP contribution in [0.3, 0.4) is 0 Å². The van der Waals surface area contributed by atoms with Crippen LogP contribution in [0.4, 0.5) is 0 Å². The van der Waals surface area contributed by atoms with Gasteiger partial charge in [0.2, 0.25) is 0 Å². The minimum absolute atomic E-state index is 0.107. The lowest BCUT2D eigenvalue weighted by atomic mass is 10.00. The molecule has 0 aliphatic heterocycles. The third-order valence-corrected chi connectivity index (χ3v) is 2.11. The number of rotatable bonds is 2. The third kappa shape index (κ3) is 2.03. The minimum atomic E-state index is 0.107. The van der Waals surface area contributed by atoms with Crippen LogP contribution in [-0.4, -0.2) is 7.11 Å². The molecule has 1 nitrogen and oxygen atoms in total. The van der Waals surface area contributed by atoms with Crippen LogP contribution >= 0.6 is 0 Å². The molecule has 0 heterocycles. The fourth-order valence-corrected chi connectivity index (χ4v) is 1.27. The van der Waals surface area contributed by atoms with E-state index in [-0.39, 0.29) is 5.92 Å². The summed E-state index contributed by atoms with van der Waals surface area (Å²) in [5.41, 5.74) is 2.26. The lowest BCUT2D eigenvalue weighted by Crippen LogP contribution is -1.95. The maximum Gasteiger partial charge on any atom is 0.123 e. The fraction of sp³-hybridized carbons (Fsp3) is 0.333. The molecule has 0 bridgehead atoms. The molecule has 0 aromatic heterocycles. The van der Waals surface area contributed by atoms with Crippen LogP contribution in [0.15, 0.2) is 18.2 Å². The van der Waals surface area contributed by atoms with E-state index in [2.05, 4.69) is 5.92 Å². The Balaban J connectivity index is 3.15. The summed E-state index contributed by atoms with van der Waals surface area (Å²) in [6.45, 7) is 4.03. The van der Waals surface area contributed by atoms with Gasteiger partial charge < -0.3 is 4.74 Å². The van der Waals surface area contributed by atoms with Gasteiger partial charge in [-0.3, -0.25) is 0 Å². The zero-order chi connectivity index (χ0) is 9.84. The van der Waals surface area contributed by atoms with Gasteiger partial charge in [0, 0.05) is 11.5 Å². The van der Waals surface area contributed by atoms with Gasteiger partial charge in [-0.1, -0.05) is 18.1 Å². The number of terminal acetylenes is 1. The number of benzene rings is 1. The van der Waals surface area contributed by atoms with Crippen molar-refractivity contribution in [1.29, 1.82) is 0 Å². The third-order valence-electron chi connectivity index (χ3n) is 2.11. The topological polar surface area (TPSA) is 9.23 Å². The maximum atomic E-state index is 5.36. The summed E-state index contributed by atoms with van der Waals surface area (Å²) >= 11 is 0. The first-order valence-electron chi connectivity index (χ1n) is 4.29. The Labute approximate surface area is 79.7 Å². The molecular weight excluding hydrogens is 160 g/mol. The number of aryl methyl sites for hydroxylation is 1. The number of ether oxygens (including phenoxy) is 1. The van der Waals surface area contributed by atoms with Crippen molar-refractivity contribution in [3.63, 3.8) is 0 Å². The van der Waals surface area contributed by atoms with E-state index in [9.17, 15) is 0 Å². The van der Waals surface area contributed by atoms with Crippen LogP contribution in [-0.2, 0) is 0 Å². The average Bonchev–Trinajstić information content (AvgIpc) is 2.16. The van der Waals surface area contributed by atoms with Crippen molar-refractivity contribution in [3.8, 4) is 18.1 Å². The molecule has 0 radical (unpaired) electrons. The predicted octanol–water partition coefficient (Wildman–Crippen LogP) is 2.74. The average molecular weight is 174 g/mol. The standard InChI is InChI=1S/C12H14O/c1-5-10(3)11-7-6-9(2)8-12(11)13-4/h1,6-8,10H,2-4H3. The largest absolute Gasteiger partial charge is 0.496 e. The highest BCUT2D eigenvalue weighted by Crippen LogP contribution is 2.26. The van der Waals surface area contributed by atoms with Gasteiger partial charge in [0.25, 0.3) is 0 Å². The lowest BCUT2D eigenvalue weighted by molar-refractivity contribution is 0.408. The molecule has 0 N–H and O–H groups in total. The number of hydrogen-bond acceptors (Lipinski definition) is 1. The predicted molar refractivity (Wildman–Crippen MR) is 55.0 cm³/mol. The first-order chi connectivity index (χ1) is 6.19. The van der Waals surface area contributed by atoms with Gasteiger partial charge >= 0.3 is 0 Å². The van der Waals surface area contributed by atoms with Crippen LogP contribution in [0.1, 0.15) is 24.0 Å². The molecule has 0 fully saturated rings. The van der Waals surface area contributed by atoms with E-state index in [1.165, 1.54) is 5.56 Å². The normalized spacial score (nSPS) is 11.8. The molecule has 0 saturated heterocycles. The smallest absolute Gasteiger partial charge is 0.123 e. The molecular formula is C12H14O. The van der Waals surface area contributed by atoms with E-state index in [1.807, 2.05) is 32.0 Å². The molecule has 68 valence electrons. The molecule has 0 spiro atoms. The minimum Gasteiger partial charge on any atom is -0.496 e. The summed E-state index contributed by atoms with van der Waals surface area (Å²) in [5, 5.41) is 0. The zero-order valence-corrected chi connectivity index (χ0v) is 8.29. The van der Waals surface area contributed by atoms with Crippen molar-refractivity contribution in [3.05, 3.63) is 29.3 Å². The second kappa shape index (κ2) is 4.00. The Bertz CT molecular complexity index is 333. The highest BCUT2D eigenvalue weighted by Gasteiger charge is 2.08. The molecule has 1 heteroatoms. The SMILES string of the molecule is C#CC(C)c1ccc(C)cc1OC. The molecule has 1 unspecified atom stereocenters. The molecule has 1 rings (SSSR count). The van der Waals surface area contributed by atoms with E-state index in [0.29, 0.717) is 0 Å². The molecule has 13 heavy (non-hydrogen) atoms. The Kier molecular flexibility index (Phi) is 2.97. The summed E-state index contributed by atoms with van der Waals surface area (Å²) < 4.78 is 5.25. The highest BCUT2D eigenvalue weighted by molar-refractivity contribution is 5.41. The molecule has 1 aromatic rings. The van der Waals surface area contributed by atoms with E-state index in [0.717, 1.165) is 11.3 Å². The Hall–Kier alpha value is -1.42. The molecule has 1 atom stereocenters. The highest BCUT2D eigenvalue weighted by atomic mass is 16.5. The lowest BCUT2D eigenvalue weighted by Gasteiger charge is -2.11. The molecule has 0 aliphatic rings. The maximum absolute atomic E-state index is 5.36. The second-order valence-electron chi connectivity index (χ2n) is 3.13. The quantitative estimate of drug-likeness (QED) is 0.626. The number of hydrogen-bond donors (Lipinski definition) is 0. The van der Waals surface area contributed by atoms with E-state index in [1.54, 1.807) is 7.11 Å². The van der Waals surface area contributed by atoms with Crippen LogP contribution < -0.4 is 4.74 Å². The van der Waals surface area contributed by atoms with Gasteiger partial charge in [-0.15, -0.1) is 6.42 Å². The Morgan fingerprint density at radius 1 is 1.46 bits per heavy atom. The monoisotopic (exact) mass is 174 g/mol. The summed E-state index contributed by atoms with van der Waals surface area (Å²) in [4.78, 5) is 0. The molecule has 0 aliphatic carbocycles. The summed E-state index contributed by atoms with van der Waals surface area (Å²) in [7, 11) is 1.67. The van der Waals surface area contributed by atoms with Crippen molar-refractivity contribution in [2.24, 2.45) is 0 Å². The van der Waals surface area contributed by atoms with Crippen LogP contribution in [0, 0.1) is 19.3 Å². The van der Waals surface area contributed by atoms with Crippen molar-refractivity contribution < 1.29 is 4.74 Å². The van der Waals surface area contributed by atoms with Crippen molar-refractivity contribution in [2.45, 2.75) is 19.8 Å². The van der Waals surface area contributed by atoms with Crippen LogP contribution in [0.25, 0.3) is 0 Å². The molecule has 0 saturated carbocycles. The molecule has 0 amide bonds. The van der Waals surface area contributed by atoms with Gasteiger partial charge in [0.1, 0.15) is 5.75 Å². The van der Waals surface area contributed by atoms with Crippen LogP contribution in [0.2, 0.25) is 0 Å². The first kappa shape index (κ1) is 9.67. The van der Waals surface area contributed by atoms with Gasteiger partial charge in [-0.25, -0.2) is 0 Å². The summed E-state index contributed by atoms with van der Waals surface area (Å²) in [5.74, 6) is 3.68. The van der Waals surface area contributed by atoms with E-state index < -0.39 is 0 Å². The van der Waals surface area contributed by atoms with Gasteiger partial charge in [0.15, 0.2) is 0 Å². The second-order valence-corrected chi connectivity index (χ2v) is 3.13. The molecule has 1 aromatic carbocycles. The summed E-state index contributed by atoms with van der Waals surface area (Å²) in [6.07, 6.45) is 5.36. The van der Waals surface area contributed by atoms with Gasteiger partial charge in [-0.05, 0) is 25.5 Å². The first-order valence-corrected chi connectivity index (χ1v) is 4.29. The van der Waals surface area contributed by atoms with Crippen molar-refractivity contribution >= 4 is 0 Å².